The highest BCUT2D eigenvalue weighted by atomic mass is 19.4. The molecular formula is C26H37F3N2O2. The molecule has 1 heterocycles. The molecule has 4 nitrogen and oxygen atoms in total. The topological polar surface area (TPSA) is 43.6 Å². The number of alkyl halides is 3. The third-order valence-electron chi connectivity index (χ3n) is 5.60. The van der Waals surface area contributed by atoms with Crippen molar-refractivity contribution in [2.45, 2.75) is 67.7 Å². The number of nitrogens with zero attached hydrogens (tertiary/aromatic N) is 2. The molecule has 0 saturated carbocycles. The summed E-state index contributed by atoms with van der Waals surface area (Å²) in [6.45, 7) is 13.9. The Morgan fingerprint density at radius 3 is 2.18 bits per heavy atom. The van der Waals surface area contributed by atoms with E-state index in [9.17, 15) is 18.0 Å². The summed E-state index contributed by atoms with van der Waals surface area (Å²) in [5.74, 6) is 0.753. The zero-order valence-electron chi connectivity index (χ0n) is 21.0. The van der Waals surface area contributed by atoms with Crippen LogP contribution in [0.2, 0.25) is 0 Å². The van der Waals surface area contributed by atoms with Crippen LogP contribution < -0.4 is 5.56 Å². The predicted octanol–water partition coefficient (Wildman–Crippen LogP) is 7.38. The van der Waals surface area contributed by atoms with Crippen molar-refractivity contribution in [3.63, 3.8) is 0 Å². The van der Waals surface area contributed by atoms with E-state index in [4.69, 9.17) is 4.99 Å². The Balaban J connectivity index is 0.000000420. The fraction of sp³-hybridized carbons (Fsp3) is 0.538. The lowest BCUT2D eigenvalue weighted by molar-refractivity contribution is -0.325. The van der Waals surface area contributed by atoms with Gasteiger partial charge in [-0.3, -0.25) is 14.5 Å². The summed E-state index contributed by atoms with van der Waals surface area (Å²) in [7, 11) is 1.79. The Hall–Kier alpha value is -2.41. The average molecular weight is 467 g/mol. The molecule has 1 aromatic carbocycles. The molecule has 0 fully saturated rings. The molecule has 33 heavy (non-hydrogen) atoms. The monoisotopic (exact) mass is 466 g/mol. The molecule has 7 heteroatoms. The van der Waals surface area contributed by atoms with Gasteiger partial charge < -0.3 is 4.57 Å². The van der Waals surface area contributed by atoms with Crippen LogP contribution in [-0.2, 0) is 11.8 Å². The number of benzene rings is 1. The first-order valence-electron chi connectivity index (χ1n) is 11.3. The van der Waals surface area contributed by atoms with Crippen LogP contribution in [0, 0.1) is 25.7 Å². The van der Waals surface area contributed by atoms with Gasteiger partial charge in [0.25, 0.3) is 5.56 Å². The lowest BCUT2D eigenvalue weighted by Crippen LogP contribution is -2.18. The Kier molecular flexibility index (Phi) is 11.0. The molecule has 184 valence electrons. The molecule has 0 aliphatic carbocycles. The summed E-state index contributed by atoms with van der Waals surface area (Å²) in [6.07, 6.45) is -1.23. The number of rotatable bonds is 7. The highest BCUT2D eigenvalue weighted by molar-refractivity contribution is 5.86. The summed E-state index contributed by atoms with van der Waals surface area (Å²) in [5.41, 5.74) is 6.26. The van der Waals surface area contributed by atoms with Gasteiger partial charge in [0.05, 0.1) is 12.3 Å². The number of hydrogen-bond acceptors (Lipinski definition) is 3. The van der Waals surface area contributed by atoms with Gasteiger partial charge in [0.15, 0.2) is 0 Å². The summed E-state index contributed by atoms with van der Waals surface area (Å²) in [6, 6.07) is 8.20. The van der Waals surface area contributed by atoms with Crippen LogP contribution in [0.3, 0.4) is 0 Å². The van der Waals surface area contributed by atoms with Crippen LogP contribution in [0.15, 0.2) is 40.2 Å². The number of pyridine rings is 1. The molecule has 1 aromatic heterocycles. The first kappa shape index (κ1) is 28.6. The number of hydrogen-bond donors (Lipinski definition) is 0. The minimum Gasteiger partial charge on any atom is -0.318 e. The smallest absolute Gasteiger partial charge is 0.318 e. The summed E-state index contributed by atoms with van der Waals surface area (Å²) >= 11 is 0. The first-order chi connectivity index (χ1) is 15.2. The van der Waals surface area contributed by atoms with E-state index in [2.05, 4.69) is 50.6 Å². The fourth-order valence-corrected chi connectivity index (χ4v) is 2.90. The molecule has 1 atom stereocenters. The van der Waals surface area contributed by atoms with Crippen molar-refractivity contribution in [3.05, 3.63) is 51.9 Å². The molecule has 2 rings (SSSR count). The highest BCUT2D eigenvalue weighted by Crippen LogP contribution is 2.27. The molecule has 0 aliphatic rings. The van der Waals surface area contributed by atoms with Crippen molar-refractivity contribution in [3.8, 4) is 11.1 Å². The Morgan fingerprint density at radius 1 is 1.09 bits per heavy atom. The predicted molar refractivity (Wildman–Crippen MR) is 130 cm³/mol. The summed E-state index contributed by atoms with van der Waals surface area (Å²) < 4.78 is 39.4. The minimum absolute atomic E-state index is 0.0502. The van der Waals surface area contributed by atoms with Crippen molar-refractivity contribution < 1.29 is 17.9 Å². The molecule has 0 N–H and O–H groups in total. The van der Waals surface area contributed by atoms with Gasteiger partial charge in [-0.2, -0.15) is 0 Å². The SMILES string of the molecule is CC(=Nc1ccc(-c2cc(C)c(=O)n(C)c2)cc1C)C(C)C.CCC(C)CCOC(F)(F)F. The van der Waals surface area contributed by atoms with Gasteiger partial charge in [-0.25, -0.2) is 0 Å². The molecule has 0 radical (unpaired) electrons. The molecule has 0 spiro atoms. The van der Waals surface area contributed by atoms with E-state index in [1.165, 1.54) is 0 Å². The zero-order chi connectivity index (χ0) is 25.3. The lowest BCUT2D eigenvalue weighted by atomic mass is 10.0. The maximum Gasteiger partial charge on any atom is 0.522 e. The quantitative estimate of drug-likeness (QED) is 0.400. The standard InChI is InChI=1S/C19H24N2O.C7H13F3O/c1-12(2)15(5)20-18-8-7-16(9-13(18)3)17-10-14(4)19(22)21(6)11-17;1-3-6(2)4-5-11-7(8,9)10/h7-12H,1-6H3;6H,3-5H2,1-2H3. The Bertz CT molecular complexity index is 966. The van der Waals surface area contributed by atoms with Crippen LogP contribution in [0.25, 0.3) is 11.1 Å². The van der Waals surface area contributed by atoms with E-state index >= 15 is 0 Å². The number of ether oxygens (including phenoxy) is 1. The van der Waals surface area contributed by atoms with Gasteiger partial charge >= 0.3 is 6.36 Å². The van der Waals surface area contributed by atoms with E-state index < -0.39 is 6.36 Å². The van der Waals surface area contributed by atoms with E-state index in [1.54, 1.807) is 11.6 Å². The second kappa shape index (κ2) is 12.7. The molecule has 0 saturated heterocycles. The second-order valence-corrected chi connectivity index (χ2v) is 8.83. The van der Waals surface area contributed by atoms with Gasteiger partial charge in [0, 0.05) is 24.5 Å². The van der Waals surface area contributed by atoms with Gasteiger partial charge in [-0.1, -0.05) is 40.2 Å². The molecule has 1 unspecified atom stereocenters. The lowest BCUT2D eigenvalue weighted by Gasteiger charge is -2.10. The summed E-state index contributed by atoms with van der Waals surface area (Å²) in [5, 5.41) is 0. The third kappa shape index (κ3) is 9.95. The number of halogens is 3. The van der Waals surface area contributed by atoms with E-state index in [1.807, 2.05) is 33.0 Å². The number of aromatic nitrogens is 1. The number of aliphatic imine (C=N–C) groups is 1. The van der Waals surface area contributed by atoms with Gasteiger partial charge in [0.1, 0.15) is 0 Å². The van der Waals surface area contributed by atoms with Gasteiger partial charge in [-0.15, -0.1) is 13.2 Å². The molecule has 0 aliphatic heterocycles. The van der Waals surface area contributed by atoms with Crippen molar-refractivity contribution in [2.75, 3.05) is 6.61 Å². The molecule has 0 bridgehead atoms. The Morgan fingerprint density at radius 2 is 1.70 bits per heavy atom. The van der Waals surface area contributed by atoms with Gasteiger partial charge in [0.2, 0.25) is 0 Å². The van der Waals surface area contributed by atoms with Crippen molar-refractivity contribution >= 4 is 11.4 Å². The molecular weight excluding hydrogens is 429 g/mol. The fourth-order valence-electron chi connectivity index (χ4n) is 2.90. The largest absolute Gasteiger partial charge is 0.522 e. The maximum atomic E-state index is 11.8. The Labute approximate surface area is 195 Å². The van der Waals surface area contributed by atoms with Gasteiger partial charge in [-0.05, 0) is 73.9 Å². The summed E-state index contributed by atoms with van der Waals surface area (Å²) in [4.78, 5) is 16.5. The van der Waals surface area contributed by atoms with Crippen molar-refractivity contribution in [2.24, 2.45) is 23.9 Å². The van der Waals surface area contributed by atoms with Crippen LogP contribution in [0.1, 0.15) is 58.6 Å². The van der Waals surface area contributed by atoms with E-state index in [0.717, 1.165) is 40.1 Å². The molecule has 2 aromatic rings. The van der Waals surface area contributed by atoms with Crippen LogP contribution in [0.4, 0.5) is 18.9 Å². The zero-order valence-corrected chi connectivity index (χ0v) is 21.0. The third-order valence-corrected chi connectivity index (χ3v) is 5.60. The van der Waals surface area contributed by atoms with E-state index in [-0.39, 0.29) is 12.2 Å². The molecule has 0 amide bonds. The second-order valence-electron chi connectivity index (χ2n) is 8.83. The van der Waals surface area contributed by atoms with Crippen molar-refractivity contribution in [1.82, 2.24) is 4.57 Å². The number of aryl methyl sites for hydroxylation is 3. The van der Waals surface area contributed by atoms with Crippen LogP contribution >= 0.6 is 0 Å². The normalized spacial score (nSPS) is 13.0. The maximum absolute atomic E-state index is 11.8. The first-order valence-corrected chi connectivity index (χ1v) is 11.3. The van der Waals surface area contributed by atoms with Crippen molar-refractivity contribution in [1.29, 1.82) is 0 Å². The average Bonchev–Trinajstić information content (AvgIpc) is 2.72. The van der Waals surface area contributed by atoms with Crippen LogP contribution in [0.5, 0.6) is 0 Å². The van der Waals surface area contributed by atoms with Crippen LogP contribution in [-0.4, -0.2) is 23.2 Å². The minimum atomic E-state index is -4.46. The highest BCUT2D eigenvalue weighted by Gasteiger charge is 2.28. The van der Waals surface area contributed by atoms with E-state index in [0.29, 0.717) is 18.3 Å².